The molecule has 0 bridgehead atoms. The van der Waals surface area contributed by atoms with Gasteiger partial charge in [0, 0.05) is 42.2 Å². The molecule has 14 heteroatoms. The minimum absolute atomic E-state index is 0.0284. The zero-order chi connectivity index (χ0) is 33.9. The summed E-state index contributed by atoms with van der Waals surface area (Å²) in [6.07, 6.45) is 1.54. The van der Waals surface area contributed by atoms with Gasteiger partial charge in [-0.3, -0.25) is 9.59 Å². The number of carbonyl (C=O) groups is 4. The molecule has 2 aromatic carbocycles. The average molecular weight is 711 g/mol. The van der Waals surface area contributed by atoms with Crippen LogP contribution in [0.1, 0.15) is 12.8 Å². The van der Waals surface area contributed by atoms with Crippen molar-refractivity contribution < 1.29 is 48.3 Å². The summed E-state index contributed by atoms with van der Waals surface area (Å²) < 4.78 is 22.4. The van der Waals surface area contributed by atoms with E-state index in [0.717, 1.165) is 19.6 Å². The number of carboxylic acids is 2. The summed E-state index contributed by atoms with van der Waals surface area (Å²) >= 11 is 6.18. The first kappa shape index (κ1) is 39.3. The molecule has 0 aliphatic carbocycles. The number of carboxylic acid groups (broad SMARTS) is 2. The van der Waals surface area contributed by atoms with E-state index in [-0.39, 0.29) is 37.6 Å². The van der Waals surface area contributed by atoms with Crippen LogP contribution < -0.4 is 0 Å². The lowest BCUT2D eigenvalue weighted by Gasteiger charge is -2.20. The first-order valence-electron chi connectivity index (χ1n) is 13.9. The quantitative estimate of drug-likeness (QED) is 0.0608. The topological polar surface area (TPSA) is 146 Å². The summed E-state index contributed by atoms with van der Waals surface area (Å²) in [5.74, 6) is -3.26. The molecule has 10 nitrogen and oxygen atoms in total. The van der Waals surface area contributed by atoms with Crippen LogP contribution in [-0.4, -0.2) is 96.7 Å². The molecule has 0 aliphatic heterocycles. The van der Waals surface area contributed by atoms with E-state index in [4.69, 9.17) is 29.2 Å². The average Bonchev–Trinajstić information content (AvgIpc) is 3.03. The van der Waals surface area contributed by atoms with Crippen molar-refractivity contribution in [1.29, 1.82) is 0 Å². The van der Waals surface area contributed by atoms with Crippen molar-refractivity contribution in [3.05, 3.63) is 72.8 Å². The second-order valence-electron chi connectivity index (χ2n) is 9.53. The monoisotopic (exact) mass is 710 g/mol. The highest BCUT2D eigenvalue weighted by Gasteiger charge is 2.21. The summed E-state index contributed by atoms with van der Waals surface area (Å²) in [6.45, 7) is 7.34. The Morgan fingerprint density at radius 3 is 1.26 bits per heavy atom. The van der Waals surface area contributed by atoms with Crippen LogP contribution in [0.5, 0.6) is 0 Å². The Labute approximate surface area is 286 Å². The van der Waals surface area contributed by atoms with Crippen LogP contribution in [0.25, 0.3) is 0 Å². The van der Waals surface area contributed by atoms with Gasteiger partial charge in [0.05, 0.1) is 39.3 Å². The maximum atomic E-state index is 12.4. The van der Waals surface area contributed by atoms with Gasteiger partial charge in [-0.05, 0) is 61.0 Å². The molecule has 2 aromatic rings. The number of hydrogen-bond acceptors (Lipinski definition) is 12. The standard InChI is InChI=1S/C32H38O10S4/c1-21(15-29(33)34)31(37)41-23(19-45-27-9-5-25(43-3)6-10-27)17-39-13-14-40-18-24(42-32(38)22(2)16-30(35)36)20-46-28-11-7-26(44-4)8-12-28/h5-12,23-24H,1-2,13-20H2,3-4H3,(H,33,34)(H,35,36). The molecule has 0 amide bonds. The van der Waals surface area contributed by atoms with Crippen LogP contribution in [0.2, 0.25) is 0 Å². The van der Waals surface area contributed by atoms with Gasteiger partial charge in [0.25, 0.3) is 0 Å². The number of rotatable bonds is 23. The summed E-state index contributed by atoms with van der Waals surface area (Å²) in [4.78, 5) is 51.0. The maximum absolute atomic E-state index is 12.4. The number of esters is 2. The largest absolute Gasteiger partial charge is 0.481 e. The van der Waals surface area contributed by atoms with Gasteiger partial charge in [0.2, 0.25) is 0 Å². The summed E-state index contributed by atoms with van der Waals surface area (Å²) in [5.41, 5.74) is -0.334. The molecule has 0 spiro atoms. The van der Waals surface area contributed by atoms with Gasteiger partial charge in [0.1, 0.15) is 12.2 Å². The van der Waals surface area contributed by atoms with Crippen LogP contribution in [0, 0.1) is 0 Å². The number of aliphatic carboxylic acids is 2. The third kappa shape index (κ3) is 16.1. The molecule has 46 heavy (non-hydrogen) atoms. The number of ether oxygens (including phenoxy) is 4. The number of thioether (sulfide) groups is 4. The molecular weight excluding hydrogens is 673 g/mol. The molecule has 2 rings (SSSR count). The lowest BCUT2D eigenvalue weighted by Crippen LogP contribution is -2.29. The van der Waals surface area contributed by atoms with E-state index in [1.807, 2.05) is 61.0 Å². The van der Waals surface area contributed by atoms with E-state index < -0.39 is 48.9 Å². The predicted octanol–water partition coefficient (Wildman–Crippen LogP) is 5.93. The van der Waals surface area contributed by atoms with Crippen molar-refractivity contribution in [3.8, 4) is 0 Å². The molecule has 0 aromatic heterocycles. The molecule has 0 heterocycles. The minimum Gasteiger partial charge on any atom is -0.481 e. The fraction of sp³-hybridized carbons (Fsp3) is 0.375. The molecule has 0 saturated heterocycles. The SMILES string of the molecule is C=C(CC(=O)O)C(=O)OC(COCCOCC(CSc1ccc(SC)cc1)OC(=O)C(=C)CC(=O)O)CSc1ccc(SC)cc1. The highest BCUT2D eigenvalue weighted by molar-refractivity contribution is 8.00. The zero-order valence-corrected chi connectivity index (χ0v) is 28.9. The van der Waals surface area contributed by atoms with Crippen molar-refractivity contribution in [2.75, 3.05) is 50.4 Å². The third-order valence-electron chi connectivity index (χ3n) is 5.82. The first-order chi connectivity index (χ1) is 22.0. The Hall–Kier alpha value is -2.88. The van der Waals surface area contributed by atoms with Gasteiger partial charge < -0.3 is 29.2 Å². The Morgan fingerprint density at radius 1 is 0.630 bits per heavy atom. The Morgan fingerprint density at radius 2 is 0.957 bits per heavy atom. The highest BCUT2D eigenvalue weighted by Crippen LogP contribution is 2.25. The molecule has 0 radical (unpaired) electrons. The summed E-state index contributed by atoms with van der Waals surface area (Å²) in [7, 11) is 0. The van der Waals surface area contributed by atoms with Crippen LogP contribution in [-0.2, 0) is 38.1 Å². The van der Waals surface area contributed by atoms with Gasteiger partial charge in [-0.25, -0.2) is 9.59 Å². The second kappa shape index (κ2) is 21.8. The van der Waals surface area contributed by atoms with E-state index in [1.54, 1.807) is 23.5 Å². The zero-order valence-electron chi connectivity index (χ0n) is 25.6. The van der Waals surface area contributed by atoms with Gasteiger partial charge in [-0.1, -0.05) is 13.2 Å². The molecular formula is C32H38O10S4. The molecule has 2 N–H and O–H groups in total. The maximum Gasteiger partial charge on any atom is 0.334 e. The number of benzene rings is 2. The Balaban J connectivity index is 1.91. The van der Waals surface area contributed by atoms with Crippen LogP contribution in [0.15, 0.2) is 92.4 Å². The lowest BCUT2D eigenvalue weighted by atomic mass is 10.2. The molecule has 2 atom stereocenters. The first-order valence-corrected chi connectivity index (χ1v) is 18.3. The van der Waals surface area contributed by atoms with Gasteiger partial charge in [-0.2, -0.15) is 0 Å². The van der Waals surface area contributed by atoms with Crippen molar-refractivity contribution >= 4 is 70.9 Å². The number of carbonyl (C=O) groups excluding carboxylic acids is 2. The van der Waals surface area contributed by atoms with Crippen molar-refractivity contribution in [3.63, 3.8) is 0 Å². The van der Waals surface area contributed by atoms with E-state index in [9.17, 15) is 19.2 Å². The summed E-state index contributed by atoms with van der Waals surface area (Å²) in [6, 6.07) is 15.8. The second-order valence-corrected chi connectivity index (χ2v) is 13.5. The van der Waals surface area contributed by atoms with Gasteiger partial charge >= 0.3 is 23.9 Å². The number of hydrogen-bond donors (Lipinski definition) is 2. The summed E-state index contributed by atoms with van der Waals surface area (Å²) in [5, 5.41) is 17.9. The predicted molar refractivity (Wildman–Crippen MR) is 182 cm³/mol. The molecule has 0 saturated carbocycles. The minimum atomic E-state index is -1.18. The van der Waals surface area contributed by atoms with Crippen molar-refractivity contribution in [1.82, 2.24) is 0 Å². The normalized spacial score (nSPS) is 12.1. The van der Waals surface area contributed by atoms with Crippen molar-refractivity contribution in [2.24, 2.45) is 0 Å². The van der Waals surface area contributed by atoms with Crippen molar-refractivity contribution in [2.45, 2.75) is 44.6 Å². The Bertz CT molecular complexity index is 1210. The van der Waals surface area contributed by atoms with E-state index in [0.29, 0.717) is 11.5 Å². The smallest absolute Gasteiger partial charge is 0.334 e. The third-order valence-corrected chi connectivity index (χ3v) is 9.60. The Kier molecular flexibility index (Phi) is 18.6. The lowest BCUT2D eigenvalue weighted by molar-refractivity contribution is -0.149. The van der Waals surface area contributed by atoms with E-state index in [1.165, 1.54) is 23.5 Å². The fourth-order valence-corrected chi connectivity index (χ4v) is 6.04. The van der Waals surface area contributed by atoms with E-state index in [2.05, 4.69) is 13.2 Å². The van der Waals surface area contributed by atoms with Crippen LogP contribution in [0.3, 0.4) is 0 Å². The van der Waals surface area contributed by atoms with E-state index >= 15 is 0 Å². The molecule has 0 aliphatic rings. The van der Waals surface area contributed by atoms with Gasteiger partial charge in [-0.15, -0.1) is 47.0 Å². The molecule has 2 unspecified atom stereocenters. The van der Waals surface area contributed by atoms with Gasteiger partial charge in [0.15, 0.2) is 0 Å². The fourth-order valence-electron chi connectivity index (χ4n) is 3.48. The van der Waals surface area contributed by atoms with Crippen LogP contribution in [0.4, 0.5) is 0 Å². The highest BCUT2D eigenvalue weighted by atomic mass is 32.2. The van der Waals surface area contributed by atoms with Crippen LogP contribution >= 0.6 is 47.0 Å². The molecule has 250 valence electrons. The molecule has 0 fully saturated rings.